The Hall–Kier alpha value is -5.06. The average Bonchev–Trinajstić information content (AvgIpc) is 3.54. The van der Waals surface area contributed by atoms with E-state index in [0.29, 0.717) is 52.5 Å². The van der Waals surface area contributed by atoms with Crippen molar-refractivity contribution in [2.24, 2.45) is 5.92 Å². The third-order valence-corrected chi connectivity index (χ3v) is 12.6. The number of piperidine rings is 3. The lowest BCUT2D eigenvalue weighted by Gasteiger charge is -2.38. The molecule has 0 radical (unpaired) electrons. The summed E-state index contributed by atoms with van der Waals surface area (Å²) in [6.45, 7) is 12.6. The summed E-state index contributed by atoms with van der Waals surface area (Å²) in [5.41, 5.74) is 3.64. The molecule has 1 atom stereocenters. The van der Waals surface area contributed by atoms with Gasteiger partial charge in [-0.2, -0.15) is 0 Å². The van der Waals surface area contributed by atoms with Crippen molar-refractivity contribution < 1.29 is 23.9 Å². The molecule has 56 heavy (non-hydrogen) atoms. The number of imide groups is 1. The molecule has 3 saturated heterocycles. The number of likely N-dealkylation sites (tertiary alicyclic amines) is 1. The predicted octanol–water partition coefficient (Wildman–Crippen LogP) is 5.66. The standard InChI is InChI=1S/C42H47ClN8O5/c1-44-35-9-7-32(23-34(35)43)56-31-5-3-30(4-6-31)45-40(53)36-10-12-38(48-47-36)50-20-14-26(15-21-50)24-49-18-16-27(17-19-49)28-2-8-33-29(22-28)25-51(42(33)55)37-11-13-39(52)46-41(37)54/h2,7-10,12,22-23,26-27,30-31,37H,3-6,11,13-21,24-25H2,(H,45,53)(H,46,52,54). The number of rotatable bonds is 9. The van der Waals surface area contributed by atoms with Crippen molar-refractivity contribution in [1.29, 1.82) is 0 Å². The van der Waals surface area contributed by atoms with Crippen molar-refractivity contribution in [1.82, 2.24) is 30.6 Å². The van der Waals surface area contributed by atoms with Gasteiger partial charge in [-0.1, -0.05) is 29.8 Å². The molecule has 5 aliphatic rings. The molecule has 1 aliphatic carbocycles. The van der Waals surface area contributed by atoms with E-state index < -0.39 is 6.04 Å². The van der Waals surface area contributed by atoms with Crippen LogP contribution in [0.25, 0.3) is 4.85 Å². The SMILES string of the molecule is [C-]#[N+]c1ccc(OC2CCC(NC(=O)c3ccc(N4CCC(CN5CCC(c6ccc7c(c6)CN(C6CCC(=O)NC6=O)C7=O)CC5)CC4)nn3)CC2)cc1Cl. The zero-order valence-corrected chi connectivity index (χ0v) is 32.2. The van der Waals surface area contributed by atoms with E-state index >= 15 is 0 Å². The van der Waals surface area contributed by atoms with E-state index in [4.69, 9.17) is 22.9 Å². The van der Waals surface area contributed by atoms with Gasteiger partial charge in [0, 0.05) is 44.2 Å². The Morgan fingerprint density at radius 1 is 0.911 bits per heavy atom. The first-order chi connectivity index (χ1) is 27.2. The Morgan fingerprint density at radius 3 is 2.39 bits per heavy atom. The fraction of sp³-hybridized carbons (Fsp3) is 0.500. The third-order valence-electron chi connectivity index (χ3n) is 12.3. The zero-order chi connectivity index (χ0) is 38.8. The van der Waals surface area contributed by atoms with Gasteiger partial charge in [-0.25, -0.2) is 4.85 Å². The van der Waals surface area contributed by atoms with E-state index in [-0.39, 0.29) is 42.2 Å². The van der Waals surface area contributed by atoms with Crippen LogP contribution >= 0.6 is 11.6 Å². The minimum absolute atomic E-state index is 0.0357. The first-order valence-electron chi connectivity index (χ1n) is 19.9. The van der Waals surface area contributed by atoms with Gasteiger partial charge in [-0.3, -0.25) is 24.5 Å². The van der Waals surface area contributed by atoms with Gasteiger partial charge in [0.05, 0.1) is 17.7 Å². The number of nitrogens with zero attached hydrogens (tertiary/aromatic N) is 6. The second kappa shape index (κ2) is 16.6. The number of amides is 4. The summed E-state index contributed by atoms with van der Waals surface area (Å²) in [4.78, 5) is 60.1. The summed E-state index contributed by atoms with van der Waals surface area (Å²) in [7, 11) is 0. The molecular formula is C42H47ClN8O5. The molecule has 14 heteroatoms. The summed E-state index contributed by atoms with van der Waals surface area (Å²) in [6.07, 6.45) is 8.19. The Balaban J connectivity index is 0.743. The van der Waals surface area contributed by atoms with Gasteiger partial charge in [-0.15, -0.1) is 10.2 Å². The quantitative estimate of drug-likeness (QED) is 0.208. The summed E-state index contributed by atoms with van der Waals surface area (Å²) < 4.78 is 6.09. The Kier molecular flexibility index (Phi) is 11.2. The van der Waals surface area contributed by atoms with Crippen LogP contribution in [-0.4, -0.2) is 94.5 Å². The monoisotopic (exact) mass is 778 g/mol. The normalized spacial score (nSPS) is 23.7. The number of ether oxygens (including phenoxy) is 1. The highest BCUT2D eigenvalue weighted by Crippen LogP contribution is 2.35. The molecule has 1 unspecified atom stereocenters. The van der Waals surface area contributed by atoms with Gasteiger partial charge in [-0.05, 0) is 124 Å². The van der Waals surface area contributed by atoms with Crippen LogP contribution in [0.15, 0.2) is 48.5 Å². The van der Waals surface area contributed by atoms with Crippen molar-refractivity contribution in [2.75, 3.05) is 37.6 Å². The van der Waals surface area contributed by atoms with Crippen LogP contribution in [0.4, 0.5) is 11.5 Å². The minimum Gasteiger partial charge on any atom is -0.490 e. The molecule has 0 spiro atoms. The number of fused-ring (bicyclic) bond motifs is 1. The fourth-order valence-electron chi connectivity index (χ4n) is 9.05. The molecule has 8 rings (SSSR count). The number of halogens is 1. The lowest BCUT2D eigenvalue weighted by atomic mass is 9.87. The number of hydrogen-bond donors (Lipinski definition) is 2. The Bertz CT molecular complexity index is 2010. The molecule has 0 bridgehead atoms. The summed E-state index contributed by atoms with van der Waals surface area (Å²) in [6, 6.07) is 14.4. The smallest absolute Gasteiger partial charge is 0.272 e. The summed E-state index contributed by atoms with van der Waals surface area (Å²) >= 11 is 6.16. The van der Waals surface area contributed by atoms with Crippen molar-refractivity contribution in [3.05, 3.63) is 87.4 Å². The molecule has 4 aliphatic heterocycles. The van der Waals surface area contributed by atoms with Crippen LogP contribution in [-0.2, 0) is 16.1 Å². The number of carbonyl (C=O) groups excluding carboxylic acids is 4. The van der Waals surface area contributed by atoms with E-state index in [2.05, 4.69) is 47.6 Å². The molecule has 2 aromatic carbocycles. The van der Waals surface area contributed by atoms with Crippen LogP contribution in [0.1, 0.15) is 102 Å². The third kappa shape index (κ3) is 8.37. The van der Waals surface area contributed by atoms with Crippen LogP contribution in [0.5, 0.6) is 5.75 Å². The van der Waals surface area contributed by atoms with Gasteiger partial charge < -0.3 is 24.8 Å². The average molecular weight is 779 g/mol. The maximum Gasteiger partial charge on any atom is 0.272 e. The number of hydrogen-bond acceptors (Lipinski definition) is 9. The number of nitrogens with one attached hydrogen (secondary N) is 2. The molecule has 4 fully saturated rings. The second-order valence-corrected chi connectivity index (χ2v) is 16.3. The topological polar surface area (TPSA) is 141 Å². The molecule has 13 nitrogen and oxygen atoms in total. The van der Waals surface area contributed by atoms with E-state index in [1.807, 2.05) is 12.1 Å². The highest BCUT2D eigenvalue weighted by atomic mass is 35.5. The summed E-state index contributed by atoms with van der Waals surface area (Å²) in [5, 5.41) is 14.6. The largest absolute Gasteiger partial charge is 0.490 e. The number of aromatic nitrogens is 2. The number of anilines is 1. The van der Waals surface area contributed by atoms with E-state index in [1.54, 1.807) is 29.2 Å². The van der Waals surface area contributed by atoms with Crippen LogP contribution in [0, 0.1) is 12.5 Å². The first kappa shape index (κ1) is 37.8. The van der Waals surface area contributed by atoms with Crippen LogP contribution in [0.3, 0.4) is 0 Å². The highest BCUT2D eigenvalue weighted by molar-refractivity contribution is 6.33. The van der Waals surface area contributed by atoms with Crippen molar-refractivity contribution in [2.45, 2.75) is 94.9 Å². The van der Waals surface area contributed by atoms with Gasteiger partial charge in [0.2, 0.25) is 17.5 Å². The van der Waals surface area contributed by atoms with E-state index in [0.717, 1.165) is 95.5 Å². The van der Waals surface area contributed by atoms with Gasteiger partial charge >= 0.3 is 0 Å². The Morgan fingerprint density at radius 2 is 1.70 bits per heavy atom. The van der Waals surface area contributed by atoms with Crippen LogP contribution < -0.4 is 20.3 Å². The zero-order valence-electron chi connectivity index (χ0n) is 31.4. The summed E-state index contributed by atoms with van der Waals surface area (Å²) in [5.74, 6) is 1.54. The maximum atomic E-state index is 13.1. The van der Waals surface area contributed by atoms with E-state index in [1.165, 1.54) is 5.56 Å². The fourth-order valence-corrected chi connectivity index (χ4v) is 9.26. The van der Waals surface area contributed by atoms with E-state index in [9.17, 15) is 19.2 Å². The molecule has 4 amide bonds. The first-order valence-corrected chi connectivity index (χ1v) is 20.3. The number of carbonyl (C=O) groups is 4. The van der Waals surface area contributed by atoms with Gasteiger partial charge in [0.1, 0.15) is 11.8 Å². The molecule has 5 heterocycles. The predicted molar refractivity (Wildman–Crippen MR) is 210 cm³/mol. The van der Waals surface area contributed by atoms with Crippen LogP contribution in [0.2, 0.25) is 5.02 Å². The van der Waals surface area contributed by atoms with Crippen molar-refractivity contribution >= 4 is 46.7 Å². The second-order valence-electron chi connectivity index (χ2n) is 15.9. The lowest BCUT2D eigenvalue weighted by Crippen LogP contribution is -2.52. The molecule has 2 N–H and O–H groups in total. The lowest BCUT2D eigenvalue weighted by molar-refractivity contribution is -0.136. The Labute approximate surface area is 331 Å². The van der Waals surface area contributed by atoms with Gasteiger partial charge in [0.25, 0.3) is 11.8 Å². The molecule has 1 aromatic heterocycles. The number of benzene rings is 2. The van der Waals surface area contributed by atoms with Crippen molar-refractivity contribution in [3.8, 4) is 5.75 Å². The maximum absolute atomic E-state index is 13.1. The minimum atomic E-state index is -0.590. The van der Waals surface area contributed by atoms with Gasteiger partial charge in [0.15, 0.2) is 11.5 Å². The highest BCUT2D eigenvalue weighted by Gasteiger charge is 2.39. The molecule has 1 saturated carbocycles. The molecule has 292 valence electrons. The molecular weight excluding hydrogens is 732 g/mol. The van der Waals surface area contributed by atoms with Crippen molar-refractivity contribution in [3.63, 3.8) is 0 Å². The molecule has 3 aromatic rings.